The number of hydrogen-bond acceptors (Lipinski definition) is 1. The first-order valence-corrected chi connectivity index (χ1v) is 5.81. The number of hydrogen-bond donors (Lipinski definition) is 1. The van der Waals surface area contributed by atoms with Crippen molar-refractivity contribution in [2.75, 3.05) is 0 Å². The maximum absolute atomic E-state index is 12.7. The molecule has 0 spiro atoms. The van der Waals surface area contributed by atoms with Crippen LogP contribution in [0.4, 0.5) is 17.6 Å². The topological polar surface area (TPSA) is 29.1 Å². The standard InChI is InChI=1S/C11H17F4NO/c1-7-3-2-4-8(6-5-7)16-10(17)11(14,15)9(12)13/h7-9H,2-6H2,1H3,(H,16,17). The Morgan fingerprint density at radius 3 is 2.47 bits per heavy atom. The molecule has 0 saturated heterocycles. The zero-order valence-corrected chi connectivity index (χ0v) is 9.69. The fraction of sp³-hybridized carbons (Fsp3) is 0.909. The molecule has 1 fully saturated rings. The molecule has 0 aliphatic heterocycles. The van der Waals surface area contributed by atoms with E-state index in [1.54, 1.807) is 0 Å². The molecule has 0 aromatic carbocycles. The molecule has 0 bridgehead atoms. The lowest BCUT2D eigenvalue weighted by molar-refractivity contribution is -0.170. The highest BCUT2D eigenvalue weighted by Crippen LogP contribution is 2.26. The Balaban J connectivity index is 2.51. The molecule has 0 radical (unpaired) electrons. The molecule has 100 valence electrons. The van der Waals surface area contributed by atoms with Crippen LogP contribution < -0.4 is 5.32 Å². The quantitative estimate of drug-likeness (QED) is 0.609. The third kappa shape index (κ3) is 3.85. The Morgan fingerprint density at radius 1 is 1.24 bits per heavy atom. The van der Waals surface area contributed by atoms with E-state index in [-0.39, 0.29) is 0 Å². The average Bonchev–Trinajstić information content (AvgIpc) is 2.43. The lowest BCUT2D eigenvalue weighted by Crippen LogP contribution is -2.48. The molecule has 0 heterocycles. The second-order valence-electron chi connectivity index (χ2n) is 4.71. The molecule has 0 aromatic rings. The third-order valence-electron chi connectivity index (χ3n) is 3.17. The minimum atomic E-state index is -4.59. The second kappa shape index (κ2) is 5.69. The van der Waals surface area contributed by atoms with Gasteiger partial charge in [-0.05, 0) is 25.2 Å². The monoisotopic (exact) mass is 255 g/mol. The van der Waals surface area contributed by atoms with Gasteiger partial charge in [0, 0.05) is 6.04 Å². The molecule has 1 aliphatic rings. The maximum atomic E-state index is 12.7. The highest BCUT2D eigenvalue weighted by atomic mass is 19.3. The molecule has 0 aromatic heterocycles. The summed E-state index contributed by atoms with van der Waals surface area (Å²) in [5.41, 5.74) is 0. The molecule has 1 N–H and O–H groups in total. The van der Waals surface area contributed by atoms with Gasteiger partial charge in [-0.1, -0.05) is 19.8 Å². The van der Waals surface area contributed by atoms with E-state index in [1.807, 2.05) is 5.32 Å². The number of rotatable bonds is 3. The number of halogens is 4. The predicted octanol–water partition coefficient (Wildman–Crippen LogP) is 2.97. The van der Waals surface area contributed by atoms with Gasteiger partial charge in [-0.15, -0.1) is 0 Å². The van der Waals surface area contributed by atoms with Crippen LogP contribution in [0.2, 0.25) is 0 Å². The van der Waals surface area contributed by atoms with Crippen LogP contribution in [0, 0.1) is 5.92 Å². The smallest absolute Gasteiger partial charge is 0.348 e. The van der Waals surface area contributed by atoms with E-state index >= 15 is 0 Å². The molecule has 17 heavy (non-hydrogen) atoms. The Kier molecular flexibility index (Phi) is 4.77. The SMILES string of the molecule is CC1CCCC(NC(=O)C(F)(F)C(F)F)CC1. The highest BCUT2D eigenvalue weighted by Gasteiger charge is 2.49. The Morgan fingerprint density at radius 2 is 1.88 bits per heavy atom. The van der Waals surface area contributed by atoms with E-state index < -0.39 is 24.3 Å². The number of nitrogens with one attached hydrogen (secondary N) is 1. The van der Waals surface area contributed by atoms with Crippen LogP contribution >= 0.6 is 0 Å². The van der Waals surface area contributed by atoms with Gasteiger partial charge in [-0.2, -0.15) is 8.78 Å². The molecule has 1 amide bonds. The van der Waals surface area contributed by atoms with E-state index in [9.17, 15) is 22.4 Å². The van der Waals surface area contributed by atoms with E-state index in [2.05, 4.69) is 6.92 Å². The molecular weight excluding hydrogens is 238 g/mol. The van der Waals surface area contributed by atoms with Crippen molar-refractivity contribution in [1.29, 1.82) is 0 Å². The van der Waals surface area contributed by atoms with Gasteiger partial charge in [0.2, 0.25) is 0 Å². The van der Waals surface area contributed by atoms with Gasteiger partial charge >= 0.3 is 12.3 Å². The van der Waals surface area contributed by atoms with Gasteiger partial charge in [-0.3, -0.25) is 4.79 Å². The van der Waals surface area contributed by atoms with Gasteiger partial charge in [0.05, 0.1) is 0 Å². The fourth-order valence-corrected chi connectivity index (χ4v) is 2.01. The van der Waals surface area contributed by atoms with Crippen molar-refractivity contribution in [1.82, 2.24) is 5.32 Å². The number of amides is 1. The molecule has 6 heteroatoms. The van der Waals surface area contributed by atoms with Crippen molar-refractivity contribution >= 4 is 5.91 Å². The molecule has 2 unspecified atom stereocenters. The van der Waals surface area contributed by atoms with Crippen molar-refractivity contribution in [2.24, 2.45) is 5.92 Å². The lowest BCUT2D eigenvalue weighted by atomic mass is 10.0. The number of carbonyl (C=O) groups is 1. The first-order valence-electron chi connectivity index (χ1n) is 5.81. The van der Waals surface area contributed by atoms with Gasteiger partial charge in [-0.25, -0.2) is 8.78 Å². The number of carbonyl (C=O) groups excluding carboxylic acids is 1. The minimum absolute atomic E-state index is 0.405. The van der Waals surface area contributed by atoms with Crippen molar-refractivity contribution in [3.8, 4) is 0 Å². The van der Waals surface area contributed by atoms with E-state index in [0.29, 0.717) is 18.8 Å². The van der Waals surface area contributed by atoms with Gasteiger partial charge in [0.15, 0.2) is 0 Å². The van der Waals surface area contributed by atoms with Crippen LogP contribution in [0.1, 0.15) is 39.0 Å². The molecule has 2 nitrogen and oxygen atoms in total. The summed E-state index contributed by atoms with van der Waals surface area (Å²) < 4.78 is 49.3. The fourth-order valence-electron chi connectivity index (χ4n) is 2.01. The minimum Gasteiger partial charge on any atom is -0.348 e. The normalized spacial score (nSPS) is 26.7. The van der Waals surface area contributed by atoms with E-state index in [4.69, 9.17) is 0 Å². The predicted molar refractivity (Wildman–Crippen MR) is 55.1 cm³/mol. The zero-order chi connectivity index (χ0) is 13.1. The molecule has 1 rings (SSSR count). The van der Waals surface area contributed by atoms with Gasteiger partial charge in [0.25, 0.3) is 5.91 Å². The van der Waals surface area contributed by atoms with Gasteiger partial charge < -0.3 is 5.32 Å². The Bertz CT molecular complexity index is 270. The first-order chi connectivity index (χ1) is 7.84. The zero-order valence-electron chi connectivity index (χ0n) is 9.69. The highest BCUT2D eigenvalue weighted by molar-refractivity contribution is 5.84. The van der Waals surface area contributed by atoms with Crippen LogP contribution in [-0.2, 0) is 4.79 Å². The van der Waals surface area contributed by atoms with Gasteiger partial charge in [0.1, 0.15) is 0 Å². The third-order valence-corrected chi connectivity index (χ3v) is 3.17. The van der Waals surface area contributed by atoms with Crippen LogP contribution in [0.15, 0.2) is 0 Å². The average molecular weight is 255 g/mol. The van der Waals surface area contributed by atoms with Crippen LogP contribution in [-0.4, -0.2) is 24.3 Å². The maximum Gasteiger partial charge on any atom is 0.383 e. The van der Waals surface area contributed by atoms with Crippen molar-refractivity contribution in [3.63, 3.8) is 0 Å². The second-order valence-corrected chi connectivity index (χ2v) is 4.71. The van der Waals surface area contributed by atoms with Crippen molar-refractivity contribution in [3.05, 3.63) is 0 Å². The summed E-state index contributed by atoms with van der Waals surface area (Å²) >= 11 is 0. The summed E-state index contributed by atoms with van der Waals surface area (Å²) in [5, 5.41) is 2.03. The summed E-state index contributed by atoms with van der Waals surface area (Å²) in [6.45, 7) is 2.05. The Labute approximate surface area is 97.8 Å². The van der Waals surface area contributed by atoms with Crippen molar-refractivity contribution < 1.29 is 22.4 Å². The Hall–Kier alpha value is -0.810. The van der Waals surface area contributed by atoms with E-state index in [0.717, 1.165) is 19.3 Å². The van der Waals surface area contributed by atoms with Crippen molar-refractivity contribution in [2.45, 2.75) is 57.4 Å². The van der Waals surface area contributed by atoms with Crippen LogP contribution in [0.5, 0.6) is 0 Å². The summed E-state index contributed by atoms with van der Waals surface area (Å²) in [6, 6.07) is -0.405. The summed E-state index contributed by atoms with van der Waals surface area (Å²) in [5.74, 6) is -5.95. The number of alkyl halides is 4. The molecule has 1 aliphatic carbocycles. The largest absolute Gasteiger partial charge is 0.383 e. The summed E-state index contributed by atoms with van der Waals surface area (Å²) in [4.78, 5) is 11.0. The molecule has 2 atom stereocenters. The van der Waals surface area contributed by atoms with Crippen LogP contribution in [0.25, 0.3) is 0 Å². The molecule has 1 saturated carbocycles. The summed E-state index contributed by atoms with van der Waals surface area (Å²) in [7, 11) is 0. The lowest BCUT2D eigenvalue weighted by Gasteiger charge is -2.20. The van der Waals surface area contributed by atoms with E-state index in [1.165, 1.54) is 0 Å². The first kappa shape index (κ1) is 14.3. The van der Waals surface area contributed by atoms with Crippen LogP contribution in [0.3, 0.4) is 0 Å². The summed E-state index contributed by atoms with van der Waals surface area (Å²) in [6.07, 6.45) is -0.163. The molecular formula is C11H17F4NO.